The van der Waals surface area contributed by atoms with Crippen molar-refractivity contribution in [2.45, 2.75) is 19.6 Å². The van der Waals surface area contributed by atoms with Gasteiger partial charge in [0.15, 0.2) is 5.88 Å². The number of hydrogen-bond donors (Lipinski definition) is 1. The van der Waals surface area contributed by atoms with Crippen molar-refractivity contribution in [3.8, 4) is 0 Å². The third-order valence-corrected chi connectivity index (χ3v) is 4.70. The molecule has 1 amide bonds. The first-order valence-corrected chi connectivity index (χ1v) is 9.64. The minimum Gasteiger partial charge on any atom is -0.440 e. The van der Waals surface area contributed by atoms with Gasteiger partial charge in [-0.1, -0.05) is 23.7 Å². The Balaban J connectivity index is 1.73. The Morgan fingerprint density at radius 3 is 2.84 bits per heavy atom. The zero-order valence-electron chi connectivity index (χ0n) is 14.4. The van der Waals surface area contributed by atoms with Gasteiger partial charge in [-0.25, -0.2) is 5.43 Å². The highest BCUT2D eigenvalue weighted by Gasteiger charge is 2.06. The molecule has 0 spiro atoms. The molecule has 0 saturated carbocycles. The summed E-state index contributed by atoms with van der Waals surface area (Å²) in [5.41, 5.74) is 3.60. The van der Waals surface area contributed by atoms with E-state index in [2.05, 4.69) is 29.3 Å². The molecule has 0 saturated heterocycles. The van der Waals surface area contributed by atoms with Gasteiger partial charge in [-0.15, -0.1) is 11.8 Å². The third-order valence-electron chi connectivity index (χ3n) is 3.46. The van der Waals surface area contributed by atoms with E-state index in [1.165, 1.54) is 18.0 Å². The summed E-state index contributed by atoms with van der Waals surface area (Å²) >= 11 is 7.44. The Kier molecular flexibility index (Phi) is 7.88. The van der Waals surface area contributed by atoms with Gasteiger partial charge < -0.3 is 9.32 Å². The predicted octanol–water partition coefficient (Wildman–Crippen LogP) is 4.16. The van der Waals surface area contributed by atoms with Gasteiger partial charge in [0, 0.05) is 29.9 Å². The van der Waals surface area contributed by atoms with Gasteiger partial charge in [0.2, 0.25) is 5.91 Å². The molecular formula is C18H22ClN3O2S. The molecule has 0 bridgehead atoms. The molecule has 1 heterocycles. The molecule has 0 aliphatic carbocycles. The molecule has 0 fully saturated rings. The van der Waals surface area contributed by atoms with E-state index < -0.39 is 0 Å². The molecule has 1 aromatic heterocycles. The number of nitrogens with one attached hydrogen (secondary N) is 1. The lowest BCUT2D eigenvalue weighted by Gasteiger charge is -2.16. The summed E-state index contributed by atoms with van der Waals surface area (Å²) in [6, 6.07) is 11.3. The maximum atomic E-state index is 11.8. The van der Waals surface area contributed by atoms with Crippen molar-refractivity contribution in [2.75, 3.05) is 23.7 Å². The first kappa shape index (κ1) is 19.4. The lowest BCUT2D eigenvalue weighted by molar-refractivity contribution is -0.118. The van der Waals surface area contributed by atoms with Crippen LogP contribution in [0.2, 0.25) is 5.02 Å². The van der Waals surface area contributed by atoms with Crippen molar-refractivity contribution in [1.29, 1.82) is 0 Å². The van der Waals surface area contributed by atoms with Crippen molar-refractivity contribution >= 4 is 41.4 Å². The number of carbonyl (C=O) groups is 1. The Morgan fingerprint density at radius 1 is 1.32 bits per heavy atom. The van der Waals surface area contributed by atoms with E-state index in [4.69, 9.17) is 16.0 Å². The summed E-state index contributed by atoms with van der Waals surface area (Å²) in [5, 5.41) is 4.64. The van der Waals surface area contributed by atoms with Gasteiger partial charge >= 0.3 is 0 Å². The van der Waals surface area contributed by atoms with Crippen molar-refractivity contribution in [2.24, 2.45) is 5.10 Å². The zero-order valence-corrected chi connectivity index (χ0v) is 15.9. The molecule has 25 heavy (non-hydrogen) atoms. The summed E-state index contributed by atoms with van der Waals surface area (Å²) in [4.78, 5) is 13.9. The third kappa shape index (κ3) is 6.48. The highest BCUT2D eigenvalue weighted by molar-refractivity contribution is 7.99. The second-order valence-electron chi connectivity index (χ2n) is 5.26. The van der Waals surface area contributed by atoms with Gasteiger partial charge in [-0.3, -0.25) is 4.79 Å². The molecule has 5 nitrogen and oxygen atoms in total. The fourth-order valence-corrected chi connectivity index (χ4v) is 3.19. The Bertz CT molecular complexity index is 714. The fourth-order valence-electron chi connectivity index (χ4n) is 2.21. The van der Waals surface area contributed by atoms with Gasteiger partial charge in [-0.2, -0.15) is 5.10 Å². The average molecular weight is 380 g/mol. The number of thioether (sulfide) groups is 1. The second kappa shape index (κ2) is 10.2. The lowest BCUT2D eigenvalue weighted by Crippen LogP contribution is -2.21. The largest absolute Gasteiger partial charge is 0.440 e. The van der Waals surface area contributed by atoms with E-state index in [-0.39, 0.29) is 5.91 Å². The predicted molar refractivity (Wildman–Crippen MR) is 106 cm³/mol. The molecule has 2 aromatic rings. The van der Waals surface area contributed by atoms with Crippen LogP contribution in [-0.4, -0.2) is 31.0 Å². The number of halogens is 1. The topological polar surface area (TPSA) is 57.8 Å². The molecule has 2 rings (SSSR count). The number of rotatable bonds is 9. The number of nitrogens with zero attached hydrogens (tertiary/aromatic N) is 2. The van der Waals surface area contributed by atoms with Gasteiger partial charge in [0.25, 0.3) is 0 Å². The smallest absolute Gasteiger partial charge is 0.250 e. The molecule has 0 aliphatic heterocycles. The first-order chi connectivity index (χ1) is 12.1. The van der Waals surface area contributed by atoms with Crippen LogP contribution in [0.25, 0.3) is 0 Å². The Labute approximate surface area is 157 Å². The second-order valence-corrected chi connectivity index (χ2v) is 6.69. The number of benzene rings is 1. The van der Waals surface area contributed by atoms with E-state index in [1.807, 2.05) is 36.4 Å². The standard InChI is InChI=1S/C18H22ClN3O2S/c1-3-22(4-2)18-9-8-16(24-18)11-20-21-17(23)13-25-12-14-6-5-7-15(19)10-14/h5-11H,3-4,12-13H2,1-2H3,(H,21,23)/b20-11-. The summed E-state index contributed by atoms with van der Waals surface area (Å²) in [7, 11) is 0. The monoisotopic (exact) mass is 379 g/mol. The minimum atomic E-state index is -0.154. The van der Waals surface area contributed by atoms with Crippen molar-refractivity contribution in [3.05, 3.63) is 52.7 Å². The van der Waals surface area contributed by atoms with Gasteiger partial charge in [-0.05, 0) is 37.6 Å². The van der Waals surface area contributed by atoms with Crippen molar-refractivity contribution in [3.63, 3.8) is 0 Å². The van der Waals surface area contributed by atoms with Crippen LogP contribution in [0.5, 0.6) is 0 Å². The van der Waals surface area contributed by atoms with Crippen molar-refractivity contribution < 1.29 is 9.21 Å². The maximum absolute atomic E-state index is 11.8. The quantitative estimate of drug-likeness (QED) is 0.525. The maximum Gasteiger partial charge on any atom is 0.250 e. The molecule has 134 valence electrons. The van der Waals surface area contributed by atoms with E-state index in [0.29, 0.717) is 16.5 Å². The first-order valence-electron chi connectivity index (χ1n) is 8.11. The van der Waals surface area contributed by atoms with Gasteiger partial charge in [0.05, 0.1) is 12.0 Å². The van der Waals surface area contributed by atoms with Gasteiger partial charge in [0.1, 0.15) is 5.76 Å². The molecule has 7 heteroatoms. The van der Waals surface area contributed by atoms with Crippen LogP contribution in [0.1, 0.15) is 25.2 Å². The number of amides is 1. The summed E-state index contributed by atoms with van der Waals surface area (Å²) in [6.45, 7) is 5.89. The number of carbonyl (C=O) groups excluding carboxylic acids is 1. The number of anilines is 1. The van der Waals surface area contributed by atoms with Crippen LogP contribution in [0.4, 0.5) is 5.88 Å². The van der Waals surface area contributed by atoms with Crippen LogP contribution in [-0.2, 0) is 10.5 Å². The van der Waals surface area contributed by atoms with E-state index >= 15 is 0 Å². The van der Waals surface area contributed by atoms with Crippen LogP contribution in [0.3, 0.4) is 0 Å². The molecule has 1 N–H and O–H groups in total. The van der Waals surface area contributed by atoms with Crippen LogP contribution in [0.15, 0.2) is 45.9 Å². The normalized spacial score (nSPS) is 11.0. The number of hydrogen-bond acceptors (Lipinski definition) is 5. The number of furan rings is 1. The molecule has 0 unspecified atom stereocenters. The molecule has 0 radical (unpaired) electrons. The molecule has 1 aromatic carbocycles. The lowest BCUT2D eigenvalue weighted by atomic mass is 10.2. The minimum absolute atomic E-state index is 0.154. The SMILES string of the molecule is CCN(CC)c1ccc(/C=N\NC(=O)CSCc2cccc(Cl)c2)o1. The fraction of sp³-hybridized carbons (Fsp3) is 0.333. The van der Waals surface area contributed by atoms with Crippen LogP contribution < -0.4 is 10.3 Å². The molecule has 0 aliphatic rings. The zero-order chi connectivity index (χ0) is 18.1. The average Bonchev–Trinajstić information content (AvgIpc) is 3.05. The number of hydrazone groups is 1. The van der Waals surface area contributed by atoms with Crippen LogP contribution in [0, 0.1) is 0 Å². The highest BCUT2D eigenvalue weighted by Crippen LogP contribution is 2.17. The summed E-state index contributed by atoms with van der Waals surface area (Å²) < 4.78 is 5.67. The molecule has 0 atom stereocenters. The van der Waals surface area contributed by atoms with E-state index in [9.17, 15) is 4.79 Å². The Morgan fingerprint density at radius 2 is 2.12 bits per heavy atom. The summed E-state index contributed by atoms with van der Waals surface area (Å²) in [5.74, 6) is 2.30. The van der Waals surface area contributed by atoms with Crippen molar-refractivity contribution in [1.82, 2.24) is 5.43 Å². The Hall–Kier alpha value is -1.92. The molecular weight excluding hydrogens is 358 g/mol. The highest BCUT2D eigenvalue weighted by atomic mass is 35.5. The van der Waals surface area contributed by atoms with E-state index in [1.54, 1.807) is 0 Å². The summed E-state index contributed by atoms with van der Waals surface area (Å²) in [6.07, 6.45) is 1.51. The van der Waals surface area contributed by atoms with E-state index in [0.717, 1.165) is 30.3 Å². The van der Waals surface area contributed by atoms with Crippen LogP contribution >= 0.6 is 23.4 Å².